The van der Waals surface area contributed by atoms with Crippen LogP contribution in [0.2, 0.25) is 0 Å². The molecule has 0 aliphatic carbocycles. The summed E-state index contributed by atoms with van der Waals surface area (Å²) in [6.45, 7) is 2.09. The molecule has 28 heavy (non-hydrogen) atoms. The first kappa shape index (κ1) is 17.7. The van der Waals surface area contributed by atoms with Gasteiger partial charge in [-0.15, -0.1) is 0 Å². The molecular weight excluding hydrogens is 352 g/mol. The molecule has 0 spiro atoms. The van der Waals surface area contributed by atoms with E-state index in [9.17, 15) is 4.79 Å². The largest absolute Gasteiger partial charge is 0.463 e. The summed E-state index contributed by atoms with van der Waals surface area (Å²) in [5, 5.41) is 7.57. The minimum absolute atomic E-state index is 0.295. The monoisotopic (exact) mass is 372 g/mol. The first-order valence-corrected chi connectivity index (χ1v) is 9.14. The molecule has 6 heteroatoms. The predicted molar refractivity (Wildman–Crippen MR) is 108 cm³/mol. The van der Waals surface area contributed by atoms with Crippen molar-refractivity contribution in [1.29, 1.82) is 0 Å². The van der Waals surface area contributed by atoms with Crippen LogP contribution in [0.5, 0.6) is 0 Å². The van der Waals surface area contributed by atoms with Crippen molar-refractivity contribution in [1.82, 2.24) is 14.8 Å². The van der Waals surface area contributed by atoms with E-state index < -0.39 is 6.04 Å². The number of ether oxygens (including phenoxy) is 1. The first-order valence-electron chi connectivity index (χ1n) is 9.14. The maximum absolute atomic E-state index is 12.9. The number of fused-ring (bicyclic) bond motifs is 1. The summed E-state index contributed by atoms with van der Waals surface area (Å²) >= 11 is 0. The summed E-state index contributed by atoms with van der Waals surface area (Å²) < 4.78 is 7.07. The van der Waals surface area contributed by atoms with Crippen LogP contribution >= 0.6 is 0 Å². The maximum atomic E-state index is 12.9. The molecule has 0 fully saturated rings. The molecule has 0 amide bonds. The van der Waals surface area contributed by atoms with E-state index in [1.807, 2.05) is 72.8 Å². The molecule has 0 bridgehead atoms. The zero-order chi connectivity index (χ0) is 19.3. The van der Waals surface area contributed by atoms with E-state index in [2.05, 4.69) is 15.4 Å². The van der Waals surface area contributed by atoms with Gasteiger partial charge in [0.25, 0.3) is 0 Å². The van der Waals surface area contributed by atoms with Gasteiger partial charge in [0.2, 0.25) is 5.95 Å². The summed E-state index contributed by atoms with van der Waals surface area (Å²) in [4.78, 5) is 17.2. The molecule has 1 aromatic heterocycles. The highest BCUT2D eigenvalue weighted by atomic mass is 16.5. The van der Waals surface area contributed by atoms with Crippen LogP contribution in [0.25, 0.3) is 11.8 Å². The van der Waals surface area contributed by atoms with E-state index >= 15 is 0 Å². The molecule has 140 valence electrons. The third-order valence-corrected chi connectivity index (χ3v) is 4.47. The topological polar surface area (TPSA) is 69.0 Å². The average Bonchev–Trinajstić information content (AvgIpc) is 3.21. The molecule has 6 nitrogen and oxygen atoms in total. The van der Waals surface area contributed by atoms with Crippen molar-refractivity contribution >= 4 is 23.7 Å². The summed E-state index contributed by atoms with van der Waals surface area (Å²) in [5.74, 6) is 0.201. The highest BCUT2D eigenvalue weighted by molar-refractivity contribution is 6.02. The second-order valence-electron chi connectivity index (χ2n) is 6.24. The number of carbonyl (C=O) groups is 1. The lowest BCUT2D eigenvalue weighted by molar-refractivity contribution is -0.138. The highest BCUT2D eigenvalue weighted by Crippen LogP contribution is 2.36. The molecule has 1 atom stereocenters. The molecular formula is C22H20N4O2. The number of allylic oxidation sites excluding steroid dienone is 1. The molecule has 0 saturated heterocycles. The SMILES string of the molecule is CCOC(=O)C1=C(c2ccccc2)Nc2ncnn2[C@H]1/C=C/c1ccccc1. The van der Waals surface area contributed by atoms with E-state index in [1.54, 1.807) is 11.6 Å². The van der Waals surface area contributed by atoms with Gasteiger partial charge in [0, 0.05) is 0 Å². The minimum Gasteiger partial charge on any atom is -0.463 e. The van der Waals surface area contributed by atoms with E-state index in [0.29, 0.717) is 23.8 Å². The number of nitrogens with zero attached hydrogens (tertiary/aromatic N) is 3. The molecule has 2 heterocycles. The summed E-state index contributed by atoms with van der Waals surface area (Å²) in [6.07, 6.45) is 5.40. The van der Waals surface area contributed by atoms with Gasteiger partial charge in [-0.3, -0.25) is 0 Å². The van der Waals surface area contributed by atoms with Crippen LogP contribution in [0.4, 0.5) is 5.95 Å². The molecule has 0 unspecified atom stereocenters. The van der Waals surface area contributed by atoms with Crippen molar-refractivity contribution in [3.05, 3.63) is 89.8 Å². The number of hydrogen-bond acceptors (Lipinski definition) is 5. The third-order valence-electron chi connectivity index (χ3n) is 4.47. The Hall–Kier alpha value is -3.67. The van der Waals surface area contributed by atoms with Crippen LogP contribution in [0, 0.1) is 0 Å². The smallest absolute Gasteiger partial charge is 0.338 e. The normalized spacial score (nSPS) is 16.0. The molecule has 3 aromatic rings. The molecule has 0 saturated carbocycles. The van der Waals surface area contributed by atoms with Crippen LogP contribution in [0.1, 0.15) is 24.1 Å². The van der Waals surface area contributed by atoms with Crippen molar-refractivity contribution in [2.24, 2.45) is 0 Å². The number of aromatic nitrogens is 3. The Morgan fingerprint density at radius 2 is 1.86 bits per heavy atom. The Kier molecular flexibility index (Phi) is 5.01. The fourth-order valence-electron chi connectivity index (χ4n) is 3.20. The number of rotatable bonds is 5. The minimum atomic E-state index is -0.437. The van der Waals surface area contributed by atoms with Crippen LogP contribution in [-0.2, 0) is 9.53 Å². The number of hydrogen-bond donors (Lipinski definition) is 1. The van der Waals surface area contributed by atoms with Gasteiger partial charge in [0.05, 0.1) is 17.9 Å². The van der Waals surface area contributed by atoms with E-state index in [-0.39, 0.29) is 5.97 Å². The lowest BCUT2D eigenvalue weighted by Crippen LogP contribution is -2.28. The quantitative estimate of drug-likeness (QED) is 0.687. The van der Waals surface area contributed by atoms with Gasteiger partial charge in [0.15, 0.2) is 0 Å². The highest BCUT2D eigenvalue weighted by Gasteiger charge is 2.33. The number of benzene rings is 2. The van der Waals surface area contributed by atoms with Gasteiger partial charge in [-0.2, -0.15) is 10.1 Å². The van der Waals surface area contributed by atoms with Crippen molar-refractivity contribution in [2.45, 2.75) is 13.0 Å². The molecule has 1 N–H and O–H groups in total. The lowest BCUT2D eigenvalue weighted by atomic mass is 9.97. The van der Waals surface area contributed by atoms with Crippen molar-refractivity contribution in [3.8, 4) is 0 Å². The van der Waals surface area contributed by atoms with Crippen LogP contribution in [0.15, 0.2) is 78.6 Å². The number of nitrogens with one attached hydrogen (secondary N) is 1. The van der Waals surface area contributed by atoms with Crippen LogP contribution < -0.4 is 5.32 Å². The Morgan fingerprint density at radius 1 is 1.14 bits per heavy atom. The van der Waals surface area contributed by atoms with Crippen molar-refractivity contribution in [2.75, 3.05) is 11.9 Å². The second-order valence-corrected chi connectivity index (χ2v) is 6.24. The standard InChI is InChI=1S/C22H20N4O2/c1-2-28-21(27)19-18(14-13-16-9-5-3-6-10-16)26-22(23-15-24-26)25-20(19)17-11-7-4-8-12-17/h3-15,18H,2H2,1H3,(H,23,24,25)/b14-13+/t18-/m0/s1. The Balaban J connectivity index is 1.85. The zero-order valence-corrected chi connectivity index (χ0v) is 15.4. The Morgan fingerprint density at radius 3 is 2.57 bits per heavy atom. The lowest BCUT2D eigenvalue weighted by Gasteiger charge is -2.27. The van der Waals surface area contributed by atoms with E-state index in [4.69, 9.17) is 4.74 Å². The average molecular weight is 372 g/mol. The van der Waals surface area contributed by atoms with Gasteiger partial charge < -0.3 is 10.1 Å². The number of carbonyl (C=O) groups excluding carboxylic acids is 1. The molecule has 0 radical (unpaired) electrons. The van der Waals surface area contributed by atoms with Crippen molar-refractivity contribution in [3.63, 3.8) is 0 Å². The second kappa shape index (κ2) is 7.92. The zero-order valence-electron chi connectivity index (χ0n) is 15.4. The van der Waals surface area contributed by atoms with Gasteiger partial charge in [-0.1, -0.05) is 72.8 Å². The molecule has 4 rings (SSSR count). The van der Waals surface area contributed by atoms with E-state index in [0.717, 1.165) is 11.1 Å². The third kappa shape index (κ3) is 3.44. The van der Waals surface area contributed by atoms with Crippen molar-refractivity contribution < 1.29 is 9.53 Å². The number of esters is 1. The van der Waals surface area contributed by atoms with Gasteiger partial charge in [0.1, 0.15) is 12.4 Å². The first-order chi connectivity index (χ1) is 13.8. The number of anilines is 1. The fourth-order valence-corrected chi connectivity index (χ4v) is 3.20. The van der Waals surface area contributed by atoms with Gasteiger partial charge in [-0.05, 0) is 18.1 Å². The molecule has 1 aliphatic heterocycles. The molecule has 1 aliphatic rings. The summed E-state index contributed by atoms with van der Waals surface area (Å²) in [6, 6.07) is 19.2. The Labute approximate surface area is 163 Å². The predicted octanol–water partition coefficient (Wildman–Crippen LogP) is 3.93. The summed E-state index contributed by atoms with van der Waals surface area (Å²) in [5.41, 5.74) is 3.10. The van der Waals surface area contributed by atoms with Crippen LogP contribution in [-0.4, -0.2) is 27.3 Å². The summed E-state index contributed by atoms with van der Waals surface area (Å²) in [7, 11) is 0. The maximum Gasteiger partial charge on any atom is 0.338 e. The van der Waals surface area contributed by atoms with Crippen LogP contribution in [0.3, 0.4) is 0 Å². The van der Waals surface area contributed by atoms with Gasteiger partial charge in [-0.25, -0.2) is 9.48 Å². The van der Waals surface area contributed by atoms with Gasteiger partial charge >= 0.3 is 5.97 Å². The molecule has 2 aromatic carbocycles. The Bertz CT molecular complexity index is 1020. The fraction of sp³-hybridized carbons (Fsp3) is 0.136. The van der Waals surface area contributed by atoms with E-state index in [1.165, 1.54) is 6.33 Å².